The molecule has 1 N–H and O–H groups in total. The lowest BCUT2D eigenvalue weighted by Gasteiger charge is -2.16. The highest BCUT2D eigenvalue weighted by Gasteiger charge is 2.12. The number of rotatable bonds is 7. The molecule has 1 unspecified atom stereocenters. The molecule has 2 aromatic carbocycles. The van der Waals surface area contributed by atoms with Gasteiger partial charge in [-0.2, -0.15) is 0 Å². The Hall–Kier alpha value is -2.29. The molecule has 116 valence electrons. The standard InChI is InChI=1S/C19H23NO2/c1-3-15(16-9-5-4-6-10-16)14-20-19(21)13-17-11-7-8-12-18(17)22-2/h4-12,15H,3,13-14H2,1-2H3,(H,20,21). The Morgan fingerprint density at radius 2 is 1.77 bits per heavy atom. The summed E-state index contributed by atoms with van der Waals surface area (Å²) in [4.78, 5) is 12.2. The van der Waals surface area contributed by atoms with Crippen LogP contribution in [0.1, 0.15) is 30.4 Å². The highest BCUT2D eigenvalue weighted by Crippen LogP contribution is 2.19. The van der Waals surface area contributed by atoms with Gasteiger partial charge in [-0.3, -0.25) is 4.79 Å². The smallest absolute Gasteiger partial charge is 0.224 e. The number of hydrogen-bond acceptors (Lipinski definition) is 2. The van der Waals surface area contributed by atoms with E-state index in [2.05, 4.69) is 24.4 Å². The van der Waals surface area contributed by atoms with E-state index in [0.717, 1.165) is 17.7 Å². The molecule has 22 heavy (non-hydrogen) atoms. The van der Waals surface area contributed by atoms with Crippen LogP contribution in [0.4, 0.5) is 0 Å². The highest BCUT2D eigenvalue weighted by atomic mass is 16.5. The largest absolute Gasteiger partial charge is 0.496 e. The van der Waals surface area contributed by atoms with Crippen LogP contribution in [-0.4, -0.2) is 19.6 Å². The van der Waals surface area contributed by atoms with Gasteiger partial charge in [0.15, 0.2) is 0 Å². The van der Waals surface area contributed by atoms with Gasteiger partial charge in [-0.25, -0.2) is 0 Å². The predicted octanol–water partition coefficient (Wildman–Crippen LogP) is 3.55. The minimum atomic E-state index is 0.0267. The first kappa shape index (κ1) is 16.1. The summed E-state index contributed by atoms with van der Waals surface area (Å²) in [5.41, 5.74) is 2.18. The summed E-state index contributed by atoms with van der Waals surface area (Å²) in [6, 6.07) is 17.9. The van der Waals surface area contributed by atoms with Gasteiger partial charge in [0, 0.05) is 18.0 Å². The predicted molar refractivity (Wildman–Crippen MR) is 89.2 cm³/mol. The molecule has 1 amide bonds. The van der Waals surface area contributed by atoms with Crippen molar-refractivity contribution in [3.05, 3.63) is 65.7 Å². The van der Waals surface area contributed by atoms with Crippen LogP contribution in [0.25, 0.3) is 0 Å². The number of hydrogen-bond donors (Lipinski definition) is 1. The molecule has 3 nitrogen and oxygen atoms in total. The molecule has 0 radical (unpaired) electrons. The van der Waals surface area contributed by atoms with Crippen LogP contribution in [0.5, 0.6) is 5.75 Å². The van der Waals surface area contributed by atoms with Crippen molar-refractivity contribution in [2.24, 2.45) is 0 Å². The minimum Gasteiger partial charge on any atom is -0.496 e. The maximum Gasteiger partial charge on any atom is 0.224 e. The van der Waals surface area contributed by atoms with Crippen molar-refractivity contribution in [1.82, 2.24) is 5.32 Å². The Bertz CT molecular complexity index is 595. The maximum absolute atomic E-state index is 12.2. The first-order chi connectivity index (χ1) is 10.7. The third-order valence-electron chi connectivity index (χ3n) is 3.85. The van der Waals surface area contributed by atoms with Gasteiger partial charge in [0.2, 0.25) is 5.91 Å². The minimum absolute atomic E-state index is 0.0267. The second-order valence-electron chi connectivity index (χ2n) is 5.31. The van der Waals surface area contributed by atoms with Crippen molar-refractivity contribution in [3.8, 4) is 5.75 Å². The van der Waals surface area contributed by atoms with E-state index in [0.29, 0.717) is 18.9 Å². The molecule has 2 aromatic rings. The van der Waals surface area contributed by atoms with E-state index in [9.17, 15) is 4.79 Å². The van der Waals surface area contributed by atoms with Crippen LogP contribution in [-0.2, 0) is 11.2 Å². The number of methoxy groups -OCH3 is 1. The zero-order valence-electron chi connectivity index (χ0n) is 13.2. The molecule has 0 aliphatic heterocycles. The van der Waals surface area contributed by atoms with Gasteiger partial charge < -0.3 is 10.1 Å². The van der Waals surface area contributed by atoms with E-state index in [1.54, 1.807) is 7.11 Å². The molecular weight excluding hydrogens is 274 g/mol. The van der Waals surface area contributed by atoms with Crippen molar-refractivity contribution in [2.45, 2.75) is 25.7 Å². The number of ether oxygens (including phenoxy) is 1. The summed E-state index contributed by atoms with van der Waals surface area (Å²) in [6.07, 6.45) is 1.34. The Kier molecular flexibility index (Phi) is 6.01. The highest BCUT2D eigenvalue weighted by molar-refractivity contribution is 5.79. The average Bonchev–Trinajstić information content (AvgIpc) is 2.57. The Morgan fingerprint density at radius 3 is 2.45 bits per heavy atom. The van der Waals surface area contributed by atoms with Crippen LogP contribution in [0.15, 0.2) is 54.6 Å². The molecule has 1 atom stereocenters. The van der Waals surface area contributed by atoms with Crippen molar-refractivity contribution in [1.29, 1.82) is 0 Å². The third-order valence-corrected chi connectivity index (χ3v) is 3.85. The van der Waals surface area contributed by atoms with Gasteiger partial charge in [0.25, 0.3) is 0 Å². The summed E-state index contributed by atoms with van der Waals surface area (Å²) in [5, 5.41) is 3.04. The first-order valence-electron chi connectivity index (χ1n) is 7.68. The fraction of sp³-hybridized carbons (Fsp3) is 0.316. The molecule has 2 rings (SSSR count). The topological polar surface area (TPSA) is 38.3 Å². The van der Waals surface area contributed by atoms with Gasteiger partial charge in [-0.1, -0.05) is 55.5 Å². The van der Waals surface area contributed by atoms with Crippen LogP contribution in [0, 0.1) is 0 Å². The molecular formula is C19H23NO2. The monoisotopic (exact) mass is 297 g/mol. The van der Waals surface area contributed by atoms with Crippen molar-refractivity contribution >= 4 is 5.91 Å². The summed E-state index contributed by atoms with van der Waals surface area (Å²) in [5.74, 6) is 1.13. The SMILES string of the molecule is CCC(CNC(=O)Cc1ccccc1OC)c1ccccc1. The molecule has 0 fully saturated rings. The molecule has 0 spiro atoms. The number of amides is 1. The van der Waals surface area contributed by atoms with E-state index >= 15 is 0 Å². The number of carbonyl (C=O) groups excluding carboxylic acids is 1. The van der Waals surface area contributed by atoms with E-state index in [1.807, 2.05) is 42.5 Å². The summed E-state index contributed by atoms with van der Waals surface area (Å²) >= 11 is 0. The number of carbonyl (C=O) groups is 1. The lowest BCUT2D eigenvalue weighted by molar-refractivity contribution is -0.120. The first-order valence-corrected chi connectivity index (χ1v) is 7.68. The molecule has 0 heterocycles. The Labute approximate surface area is 132 Å². The zero-order valence-corrected chi connectivity index (χ0v) is 13.2. The fourth-order valence-corrected chi connectivity index (χ4v) is 2.54. The van der Waals surface area contributed by atoms with Gasteiger partial charge in [-0.05, 0) is 18.1 Å². The number of benzene rings is 2. The summed E-state index contributed by atoms with van der Waals surface area (Å²) in [7, 11) is 1.62. The van der Waals surface area contributed by atoms with E-state index < -0.39 is 0 Å². The van der Waals surface area contributed by atoms with Gasteiger partial charge >= 0.3 is 0 Å². The lowest BCUT2D eigenvalue weighted by Crippen LogP contribution is -2.29. The van der Waals surface area contributed by atoms with Crippen LogP contribution in [0.2, 0.25) is 0 Å². The molecule has 0 saturated heterocycles. The Morgan fingerprint density at radius 1 is 1.09 bits per heavy atom. The number of para-hydroxylation sites is 1. The van der Waals surface area contributed by atoms with E-state index in [1.165, 1.54) is 5.56 Å². The fourth-order valence-electron chi connectivity index (χ4n) is 2.54. The molecule has 0 aromatic heterocycles. The quantitative estimate of drug-likeness (QED) is 0.849. The molecule has 0 saturated carbocycles. The van der Waals surface area contributed by atoms with Gasteiger partial charge in [0.05, 0.1) is 13.5 Å². The van der Waals surface area contributed by atoms with Crippen LogP contribution >= 0.6 is 0 Å². The second-order valence-corrected chi connectivity index (χ2v) is 5.31. The maximum atomic E-state index is 12.2. The van der Waals surface area contributed by atoms with E-state index in [-0.39, 0.29) is 5.91 Å². The van der Waals surface area contributed by atoms with Gasteiger partial charge in [-0.15, -0.1) is 0 Å². The Balaban J connectivity index is 1.92. The summed E-state index contributed by atoms with van der Waals surface area (Å²) in [6.45, 7) is 2.80. The molecule has 0 aliphatic rings. The van der Waals surface area contributed by atoms with Crippen LogP contribution < -0.4 is 10.1 Å². The van der Waals surface area contributed by atoms with Crippen molar-refractivity contribution < 1.29 is 9.53 Å². The number of nitrogens with one attached hydrogen (secondary N) is 1. The van der Waals surface area contributed by atoms with Gasteiger partial charge in [0.1, 0.15) is 5.75 Å². The third kappa shape index (κ3) is 4.35. The van der Waals surface area contributed by atoms with Crippen molar-refractivity contribution in [3.63, 3.8) is 0 Å². The van der Waals surface area contributed by atoms with Crippen LogP contribution in [0.3, 0.4) is 0 Å². The molecule has 0 bridgehead atoms. The molecule has 0 aliphatic carbocycles. The lowest BCUT2D eigenvalue weighted by atomic mass is 9.96. The van der Waals surface area contributed by atoms with E-state index in [4.69, 9.17) is 4.74 Å². The zero-order chi connectivity index (χ0) is 15.8. The normalized spacial score (nSPS) is 11.7. The van der Waals surface area contributed by atoms with Crippen molar-refractivity contribution in [2.75, 3.05) is 13.7 Å². The average molecular weight is 297 g/mol. The second kappa shape index (κ2) is 8.23. The molecule has 3 heteroatoms. The summed E-state index contributed by atoms with van der Waals surface area (Å²) < 4.78 is 5.28.